The molecule has 0 bridgehead atoms. The van der Waals surface area contributed by atoms with E-state index in [2.05, 4.69) is 5.32 Å². The van der Waals surface area contributed by atoms with Crippen LogP contribution in [-0.4, -0.2) is 27.5 Å². The van der Waals surface area contributed by atoms with Gasteiger partial charge < -0.3 is 15.5 Å². The Kier molecular flexibility index (Phi) is 4.23. The monoisotopic (exact) mass is 257 g/mol. The van der Waals surface area contributed by atoms with E-state index in [0.717, 1.165) is 0 Å². The van der Waals surface area contributed by atoms with Gasteiger partial charge in [-0.15, -0.1) is 11.6 Å². The smallest absolute Gasteiger partial charge is 0.255 e. The molecule has 1 atom stereocenters. The summed E-state index contributed by atoms with van der Waals surface area (Å²) in [6.45, 7) is 3.72. The fraction of sp³-hybridized carbons (Fsp3) is 0.417. The number of nitrogens with one attached hydrogen (secondary N) is 1. The molecule has 0 spiro atoms. The van der Waals surface area contributed by atoms with Gasteiger partial charge in [-0.25, -0.2) is 0 Å². The van der Waals surface area contributed by atoms with Gasteiger partial charge in [0.05, 0.1) is 11.1 Å². The van der Waals surface area contributed by atoms with E-state index in [1.54, 1.807) is 0 Å². The van der Waals surface area contributed by atoms with Crippen LogP contribution in [0, 0.1) is 0 Å². The zero-order valence-electron chi connectivity index (χ0n) is 9.83. The second-order valence-electron chi connectivity index (χ2n) is 4.18. The predicted octanol–water partition coefficient (Wildman–Crippen LogP) is 2.24. The molecule has 1 unspecified atom stereocenters. The van der Waals surface area contributed by atoms with Crippen molar-refractivity contribution in [2.24, 2.45) is 0 Å². The molecule has 0 aliphatic heterocycles. The molecule has 1 aromatic rings. The lowest BCUT2D eigenvalue weighted by Crippen LogP contribution is -2.47. The van der Waals surface area contributed by atoms with Crippen molar-refractivity contribution in [3.05, 3.63) is 23.8 Å². The summed E-state index contributed by atoms with van der Waals surface area (Å²) in [6.07, 6.45) is 0.668. The van der Waals surface area contributed by atoms with Gasteiger partial charge in [0.2, 0.25) is 0 Å². The quantitative estimate of drug-likeness (QED) is 0.572. The lowest BCUT2D eigenvalue weighted by atomic mass is 10.0. The number of hydrogen-bond donors (Lipinski definition) is 3. The molecule has 0 fully saturated rings. The zero-order valence-corrected chi connectivity index (χ0v) is 10.6. The maximum absolute atomic E-state index is 11.9. The normalized spacial score (nSPS) is 14.1. The molecule has 4 nitrogen and oxygen atoms in total. The van der Waals surface area contributed by atoms with Crippen molar-refractivity contribution in [3.8, 4) is 11.5 Å². The van der Waals surface area contributed by atoms with Crippen LogP contribution in [0.2, 0.25) is 0 Å². The van der Waals surface area contributed by atoms with E-state index in [-0.39, 0.29) is 17.2 Å². The van der Waals surface area contributed by atoms with Crippen LogP contribution < -0.4 is 5.32 Å². The van der Waals surface area contributed by atoms with E-state index in [4.69, 9.17) is 11.6 Å². The van der Waals surface area contributed by atoms with Crippen LogP contribution in [0.5, 0.6) is 11.5 Å². The van der Waals surface area contributed by atoms with Gasteiger partial charge in [-0.2, -0.15) is 0 Å². The van der Waals surface area contributed by atoms with Crippen molar-refractivity contribution < 1.29 is 15.0 Å². The highest BCUT2D eigenvalue weighted by Crippen LogP contribution is 2.28. The Morgan fingerprint density at radius 2 is 2.12 bits per heavy atom. The highest BCUT2D eigenvalue weighted by Gasteiger charge is 2.25. The lowest BCUT2D eigenvalue weighted by Gasteiger charge is -2.27. The summed E-state index contributed by atoms with van der Waals surface area (Å²) in [4.78, 5) is 11.9. The minimum Gasteiger partial charge on any atom is -0.504 e. The molecular formula is C12H16ClNO3. The highest BCUT2D eigenvalue weighted by atomic mass is 35.5. The first-order valence-corrected chi connectivity index (χ1v) is 5.86. The molecule has 1 rings (SSSR count). The number of phenolic OH excluding ortho intramolecular Hbond substituents is 2. The van der Waals surface area contributed by atoms with E-state index in [1.165, 1.54) is 18.2 Å². The average molecular weight is 258 g/mol. The number of amides is 1. The summed E-state index contributed by atoms with van der Waals surface area (Å²) in [6, 6.07) is 4.25. The summed E-state index contributed by atoms with van der Waals surface area (Å²) in [7, 11) is 0. The summed E-state index contributed by atoms with van der Waals surface area (Å²) < 4.78 is 0. The Bertz CT molecular complexity index is 416. The first kappa shape index (κ1) is 13.6. The molecule has 0 aromatic heterocycles. The van der Waals surface area contributed by atoms with Gasteiger partial charge in [-0.1, -0.05) is 13.0 Å². The maximum Gasteiger partial charge on any atom is 0.255 e. The fourth-order valence-corrected chi connectivity index (χ4v) is 1.53. The lowest BCUT2D eigenvalue weighted by molar-refractivity contribution is 0.0909. The Hall–Kier alpha value is -1.42. The molecule has 0 aliphatic rings. The van der Waals surface area contributed by atoms with Crippen molar-refractivity contribution in [2.75, 3.05) is 5.88 Å². The number of alkyl halides is 1. The van der Waals surface area contributed by atoms with E-state index < -0.39 is 17.2 Å². The van der Waals surface area contributed by atoms with Gasteiger partial charge in [-0.3, -0.25) is 4.79 Å². The molecular weight excluding hydrogens is 242 g/mol. The molecule has 1 amide bonds. The Labute approximate surface area is 105 Å². The van der Waals surface area contributed by atoms with Crippen molar-refractivity contribution in [3.63, 3.8) is 0 Å². The van der Waals surface area contributed by atoms with Crippen molar-refractivity contribution in [1.29, 1.82) is 0 Å². The Morgan fingerprint density at radius 3 is 2.65 bits per heavy atom. The van der Waals surface area contributed by atoms with Crippen LogP contribution in [0.25, 0.3) is 0 Å². The van der Waals surface area contributed by atoms with Gasteiger partial charge in [-0.05, 0) is 25.5 Å². The molecule has 0 heterocycles. The number of hydrogen-bond acceptors (Lipinski definition) is 3. The van der Waals surface area contributed by atoms with Gasteiger partial charge in [0.1, 0.15) is 0 Å². The van der Waals surface area contributed by atoms with Crippen LogP contribution in [0.1, 0.15) is 30.6 Å². The minimum absolute atomic E-state index is 0.0368. The predicted molar refractivity (Wildman–Crippen MR) is 66.7 cm³/mol. The molecule has 17 heavy (non-hydrogen) atoms. The number of phenols is 2. The van der Waals surface area contributed by atoms with Gasteiger partial charge in [0.15, 0.2) is 11.5 Å². The second kappa shape index (κ2) is 5.27. The summed E-state index contributed by atoms with van der Waals surface area (Å²) in [5, 5.41) is 21.6. The first-order valence-electron chi connectivity index (χ1n) is 5.33. The Morgan fingerprint density at radius 1 is 1.47 bits per heavy atom. The number of carbonyl (C=O) groups excluding carboxylic acids is 1. The third-order valence-electron chi connectivity index (χ3n) is 2.75. The third kappa shape index (κ3) is 3.03. The molecule has 0 radical (unpaired) electrons. The number of halogens is 1. The SMILES string of the molecule is CCC(C)(CCl)NC(=O)c1cccc(O)c1O. The third-order valence-corrected chi connectivity index (χ3v) is 3.34. The van der Waals surface area contributed by atoms with E-state index >= 15 is 0 Å². The number of aromatic hydroxyl groups is 2. The van der Waals surface area contributed by atoms with Crippen molar-refractivity contribution in [1.82, 2.24) is 5.32 Å². The number of rotatable bonds is 4. The first-order chi connectivity index (χ1) is 7.93. The van der Waals surface area contributed by atoms with Crippen LogP contribution in [0.3, 0.4) is 0 Å². The van der Waals surface area contributed by atoms with E-state index in [9.17, 15) is 15.0 Å². The number of para-hydroxylation sites is 1. The molecule has 3 N–H and O–H groups in total. The van der Waals surface area contributed by atoms with Gasteiger partial charge >= 0.3 is 0 Å². The minimum atomic E-state index is -0.531. The largest absolute Gasteiger partial charge is 0.504 e. The molecule has 0 saturated carbocycles. The summed E-state index contributed by atoms with van der Waals surface area (Å²) in [5.41, 5.74) is -0.494. The average Bonchev–Trinajstić information content (AvgIpc) is 2.32. The number of benzene rings is 1. The van der Waals surface area contributed by atoms with Crippen LogP contribution in [0.4, 0.5) is 0 Å². The summed E-state index contributed by atoms with van der Waals surface area (Å²) in [5.74, 6) is -0.919. The standard InChI is InChI=1S/C12H16ClNO3/c1-3-12(2,7-13)14-11(17)8-5-4-6-9(15)10(8)16/h4-6,15-16H,3,7H2,1-2H3,(H,14,17). The molecule has 94 valence electrons. The fourth-order valence-electron chi connectivity index (χ4n) is 1.27. The van der Waals surface area contributed by atoms with Crippen LogP contribution >= 0.6 is 11.6 Å². The van der Waals surface area contributed by atoms with Crippen molar-refractivity contribution in [2.45, 2.75) is 25.8 Å². The Balaban J connectivity index is 2.94. The second-order valence-corrected chi connectivity index (χ2v) is 4.44. The molecule has 1 aromatic carbocycles. The maximum atomic E-state index is 11.9. The van der Waals surface area contributed by atoms with Crippen LogP contribution in [-0.2, 0) is 0 Å². The summed E-state index contributed by atoms with van der Waals surface area (Å²) >= 11 is 5.78. The number of carbonyl (C=O) groups is 1. The zero-order chi connectivity index (χ0) is 13.1. The van der Waals surface area contributed by atoms with Gasteiger partial charge in [0, 0.05) is 5.88 Å². The molecule has 0 saturated heterocycles. The highest BCUT2D eigenvalue weighted by molar-refractivity contribution is 6.18. The topological polar surface area (TPSA) is 69.6 Å². The van der Waals surface area contributed by atoms with Gasteiger partial charge in [0.25, 0.3) is 5.91 Å². The van der Waals surface area contributed by atoms with E-state index in [1.807, 2.05) is 13.8 Å². The molecule has 5 heteroatoms. The molecule has 0 aliphatic carbocycles. The van der Waals surface area contributed by atoms with E-state index in [0.29, 0.717) is 6.42 Å². The van der Waals surface area contributed by atoms with Crippen LogP contribution in [0.15, 0.2) is 18.2 Å². The van der Waals surface area contributed by atoms with Crippen molar-refractivity contribution >= 4 is 17.5 Å².